The summed E-state index contributed by atoms with van der Waals surface area (Å²) in [5.74, 6) is -0.231. The third-order valence-corrected chi connectivity index (χ3v) is 3.87. The third-order valence-electron chi connectivity index (χ3n) is 3.87. The molecule has 0 unspecified atom stereocenters. The number of anilines is 1. The summed E-state index contributed by atoms with van der Waals surface area (Å²) in [6, 6.07) is 14.9. The summed E-state index contributed by atoms with van der Waals surface area (Å²) in [5.41, 5.74) is 3.31. The fourth-order valence-electron chi connectivity index (χ4n) is 2.54. The number of hydrogen-bond donors (Lipinski definition) is 2. The second-order valence-corrected chi connectivity index (χ2v) is 6.00. The van der Waals surface area contributed by atoms with Crippen LogP contribution in [0.4, 0.5) is 5.69 Å². The second-order valence-electron chi connectivity index (χ2n) is 6.00. The van der Waals surface area contributed by atoms with Gasteiger partial charge in [-0.25, -0.2) is 4.98 Å². The first-order chi connectivity index (χ1) is 12.6. The average molecular weight is 348 g/mol. The molecular formula is C20H20N4O2. The van der Waals surface area contributed by atoms with Crippen LogP contribution in [0.25, 0.3) is 0 Å². The van der Waals surface area contributed by atoms with Crippen molar-refractivity contribution in [3.05, 3.63) is 83.9 Å². The molecule has 0 spiro atoms. The predicted molar refractivity (Wildman–Crippen MR) is 99.7 cm³/mol. The second kappa shape index (κ2) is 8.11. The average Bonchev–Trinajstić information content (AvgIpc) is 3.14. The Hall–Kier alpha value is -3.41. The molecule has 0 radical (unpaired) electrons. The molecule has 6 heteroatoms. The van der Waals surface area contributed by atoms with Crippen molar-refractivity contribution in [1.29, 1.82) is 0 Å². The molecule has 3 aromatic rings. The van der Waals surface area contributed by atoms with Gasteiger partial charge in [-0.3, -0.25) is 9.59 Å². The van der Waals surface area contributed by atoms with E-state index in [1.165, 1.54) is 6.92 Å². The molecule has 0 fully saturated rings. The van der Waals surface area contributed by atoms with E-state index in [1.807, 2.05) is 53.2 Å². The summed E-state index contributed by atoms with van der Waals surface area (Å²) < 4.78 is 1.95. The molecule has 0 aliphatic rings. The Balaban J connectivity index is 1.63. The molecule has 6 nitrogen and oxygen atoms in total. The molecule has 0 saturated heterocycles. The molecule has 3 rings (SSSR count). The van der Waals surface area contributed by atoms with Crippen LogP contribution in [-0.4, -0.2) is 21.4 Å². The molecule has 2 aromatic carbocycles. The lowest BCUT2D eigenvalue weighted by atomic mass is 10.1. The standard InChI is InChI=1S/C20H20N4O2/c1-15(25)22-12-16-5-7-19(8-6-16)23-20(26)18-4-2-3-17(11-18)13-24-10-9-21-14-24/h2-11,14H,12-13H2,1H3,(H,22,25)(H,23,26). The number of carbonyl (C=O) groups excluding carboxylic acids is 2. The summed E-state index contributed by atoms with van der Waals surface area (Å²) >= 11 is 0. The molecule has 0 aliphatic heterocycles. The highest BCUT2D eigenvalue weighted by molar-refractivity contribution is 6.04. The Bertz CT molecular complexity index is 886. The summed E-state index contributed by atoms with van der Waals surface area (Å²) in [5, 5.41) is 5.63. The van der Waals surface area contributed by atoms with E-state index in [1.54, 1.807) is 18.6 Å². The molecule has 0 saturated carbocycles. The Kier molecular flexibility index (Phi) is 5.43. The van der Waals surface area contributed by atoms with Crippen molar-refractivity contribution in [1.82, 2.24) is 14.9 Å². The van der Waals surface area contributed by atoms with Crippen molar-refractivity contribution >= 4 is 17.5 Å². The lowest BCUT2D eigenvalue weighted by molar-refractivity contribution is -0.119. The maximum atomic E-state index is 12.5. The van der Waals surface area contributed by atoms with Gasteiger partial charge in [0.25, 0.3) is 5.91 Å². The number of carbonyl (C=O) groups is 2. The highest BCUT2D eigenvalue weighted by Gasteiger charge is 2.07. The van der Waals surface area contributed by atoms with Crippen LogP contribution in [0.3, 0.4) is 0 Å². The largest absolute Gasteiger partial charge is 0.352 e. The van der Waals surface area contributed by atoms with Gasteiger partial charge in [-0.2, -0.15) is 0 Å². The number of imidazole rings is 1. The minimum absolute atomic E-state index is 0.0713. The van der Waals surface area contributed by atoms with E-state index >= 15 is 0 Å². The Labute approximate surface area is 151 Å². The minimum Gasteiger partial charge on any atom is -0.352 e. The number of amides is 2. The number of nitrogens with zero attached hydrogens (tertiary/aromatic N) is 2. The van der Waals surface area contributed by atoms with Crippen molar-refractivity contribution in [2.24, 2.45) is 0 Å². The summed E-state index contributed by atoms with van der Waals surface area (Å²) in [6.45, 7) is 2.62. The molecular weight excluding hydrogens is 328 g/mol. The molecule has 132 valence electrons. The van der Waals surface area contributed by atoms with E-state index in [-0.39, 0.29) is 11.8 Å². The zero-order valence-electron chi connectivity index (χ0n) is 14.5. The summed E-state index contributed by atoms with van der Waals surface area (Å²) in [4.78, 5) is 27.4. The monoisotopic (exact) mass is 348 g/mol. The van der Waals surface area contributed by atoms with Crippen LogP contribution in [-0.2, 0) is 17.9 Å². The van der Waals surface area contributed by atoms with Crippen LogP contribution in [0.2, 0.25) is 0 Å². The molecule has 0 atom stereocenters. The predicted octanol–water partition coefficient (Wildman–Crippen LogP) is 2.82. The van der Waals surface area contributed by atoms with Crippen LogP contribution < -0.4 is 10.6 Å². The van der Waals surface area contributed by atoms with Gasteiger partial charge in [0.15, 0.2) is 0 Å². The highest BCUT2D eigenvalue weighted by Crippen LogP contribution is 2.13. The maximum absolute atomic E-state index is 12.5. The topological polar surface area (TPSA) is 76.0 Å². The molecule has 1 aromatic heterocycles. The first kappa shape index (κ1) is 17.4. The number of rotatable bonds is 6. The first-order valence-electron chi connectivity index (χ1n) is 8.29. The summed E-state index contributed by atoms with van der Waals surface area (Å²) in [6.07, 6.45) is 5.36. The third kappa shape index (κ3) is 4.80. The van der Waals surface area contributed by atoms with Gasteiger partial charge in [0.2, 0.25) is 5.91 Å². The zero-order valence-corrected chi connectivity index (χ0v) is 14.5. The smallest absolute Gasteiger partial charge is 0.255 e. The number of benzene rings is 2. The Morgan fingerprint density at radius 3 is 2.58 bits per heavy atom. The number of nitrogens with one attached hydrogen (secondary N) is 2. The molecule has 1 heterocycles. The van der Waals surface area contributed by atoms with E-state index in [0.29, 0.717) is 24.3 Å². The van der Waals surface area contributed by atoms with Gasteiger partial charge in [0, 0.05) is 43.7 Å². The Morgan fingerprint density at radius 1 is 1.08 bits per heavy atom. The van der Waals surface area contributed by atoms with E-state index in [9.17, 15) is 9.59 Å². The SMILES string of the molecule is CC(=O)NCc1ccc(NC(=O)c2cccc(Cn3ccnc3)c2)cc1. The molecule has 0 aliphatic carbocycles. The van der Waals surface area contributed by atoms with Gasteiger partial charge < -0.3 is 15.2 Å². The van der Waals surface area contributed by atoms with Gasteiger partial charge in [0.1, 0.15) is 0 Å². The van der Waals surface area contributed by atoms with E-state index < -0.39 is 0 Å². The van der Waals surface area contributed by atoms with Gasteiger partial charge >= 0.3 is 0 Å². The lowest BCUT2D eigenvalue weighted by Crippen LogP contribution is -2.18. The lowest BCUT2D eigenvalue weighted by Gasteiger charge is -2.09. The van der Waals surface area contributed by atoms with Gasteiger partial charge in [-0.1, -0.05) is 24.3 Å². The maximum Gasteiger partial charge on any atom is 0.255 e. The quantitative estimate of drug-likeness (QED) is 0.719. The number of aromatic nitrogens is 2. The van der Waals surface area contributed by atoms with Crippen LogP contribution in [0.5, 0.6) is 0 Å². The minimum atomic E-state index is -0.160. The van der Waals surface area contributed by atoms with Gasteiger partial charge in [0.05, 0.1) is 6.33 Å². The van der Waals surface area contributed by atoms with Gasteiger partial charge in [-0.05, 0) is 35.4 Å². The number of hydrogen-bond acceptors (Lipinski definition) is 3. The van der Waals surface area contributed by atoms with E-state index in [2.05, 4.69) is 15.6 Å². The van der Waals surface area contributed by atoms with Crippen LogP contribution in [0.1, 0.15) is 28.4 Å². The Morgan fingerprint density at radius 2 is 1.88 bits per heavy atom. The molecule has 0 bridgehead atoms. The normalized spacial score (nSPS) is 10.3. The van der Waals surface area contributed by atoms with Crippen LogP contribution >= 0.6 is 0 Å². The van der Waals surface area contributed by atoms with Crippen LogP contribution in [0, 0.1) is 0 Å². The molecule has 2 amide bonds. The van der Waals surface area contributed by atoms with Crippen molar-refractivity contribution in [3.8, 4) is 0 Å². The van der Waals surface area contributed by atoms with E-state index in [0.717, 1.165) is 11.1 Å². The molecule has 26 heavy (non-hydrogen) atoms. The van der Waals surface area contributed by atoms with Crippen molar-refractivity contribution < 1.29 is 9.59 Å². The highest BCUT2D eigenvalue weighted by atomic mass is 16.2. The fraction of sp³-hybridized carbons (Fsp3) is 0.150. The van der Waals surface area contributed by atoms with Crippen molar-refractivity contribution in [2.45, 2.75) is 20.0 Å². The van der Waals surface area contributed by atoms with E-state index in [4.69, 9.17) is 0 Å². The fourth-order valence-corrected chi connectivity index (χ4v) is 2.54. The van der Waals surface area contributed by atoms with Crippen molar-refractivity contribution in [3.63, 3.8) is 0 Å². The molecule has 2 N–H and O–H groups in total. The first-order valence-corrected chi connectivity index (χ1v) is 8.29. The van der Waals surface area contributed by atoms with Gasteiger partial charge in [-0.15, -0.1) is 0 Å². The summed E-state index contributed by atoms with van der Waals surface area (Å²) in [7, 11) is 0. The van der Waals surface area contributed by atoms with Crippen LogP contribution in [0.15, 0.2) is 67.3 Å². The van der Waals surface area contributed by atoms with Crippen molar-refractivity contribution in [2.75, 3.05) is 5.32 Å². The zero-order chi connectivity index (χ0) is 18.4.